The number of para-hydroxylation sites is 1. The van der Waals surface area contributed by atoms with Crippen LogP contribution in [0.5, 0.6) is 11.5 Å². The number of hydrogen-bond donors (Lipinski definition) is 0. The maximum atomic E-state index is 12.5. The predicted molar refractivity (Wildman–Crippen MR) is 106 cm³/mol. The highest BCUT2D eigenvalue weighted by molar-refractivity contribution is 5.79. The van der Waals surface area contributed by atoms with E-state index < -0.39 is 0 Å². The van der Waals surface area contributed by atoms with Crippen molar-refractivity contribution in [3.8, 4) is 11.5 Å². The van der Waals surface area contributed by atoms with Gasteiger partial charge in [-0.1, -0.05) is 32.0 Å². The SMILES string of the molecule is CCC(CC)C(=O)N1CCN(c2ccc(Oc3ccccc3)cc2)CC1. The molecule has 0 N–H and O–H groups in total. The molecule has 138 valence electrons. The van der Waals surface area contributed by atoms with Crippen LogP contribution in [0.3, 0.4) is 0 Å². The molecule has 1 saturated heterocycles. The first-order valence-corrected chi connectivity index (χ1v) is 9.58. The summed E-state index contributed by atoms with van der Waals surface area (Å²) in [5.74, 6) is 2.17. The van der Waals surface area contributed by atoms with Crippen LogP contribution in [0.4, 0.5) is 5.69 Å². The fourth-order valence-corrected chi connectivity index (χ4v) is 3.43. The number of hydrogen-bond acceptors (Lipinski definition) is 3. The molecule has 26 heavy (non-hydrogen) atoms. The number of rotatable bonds is 6. The van der Waals surface area contributed by atoms with Gasteiger partial charge < -0.3 is 14.5 Å². The first kappa shape index (κ1) is 18.3. The second kappa shape index (κ2) is 8.75. The van der Waals surface area contributed by atoms with Gasteiger partial charge in [-0.3, -0.25) is 4.79 Å². The highest BCUT2D eigenvalue weighted by Crippen LogP contribution is 2.25. The molecule has 1 heterocycles. The van der Waals surface area contributed by atoms with E-state index in [-0.39, 0.29) is 5.92 Å². The first-order valence-electron chi connectivity index (χ1n) is 9.58. The number of benzene rings is 2. The van der Waals surface area contributed by atoms with Crippen molar-refractivity contribution in [3.63, 3.8) is 0 Å². The van der Waals surface area contributed by atoms with E-state index in [9.17, 15) is 4.79 Å². The van der Waals surface area contributed by atoms with E-state index in [1.165, 1.54) is 5.69 Å². The summed E-state index contributed by atoms with van der Waals surface area (Å²) in [6.07, 6.45) is 1.86. The molecule has 1 aliphatic rings. The molecule has 1 fully saturated rings. The van der Waals surface area contributed by atoms with Crippen molar-refractivity contribution >= 4 is 11.6 Å². The van der Waals surface area contributed by atoms with Crippen LogP contribution in [0.25, 0.3) is 0 Å². The smallest absolute Gasteiger partial charge is 0.225 e. The quantitative estimate of drug-likeness (QED) is 0.764. The van der Waals surface area contributed by atoms with Crippen LogP contribution in [0, 0.1) is 5.92 Å². The van der Waals surface area contributed by atoms with Gasteiger partial charge in [0.15, 0.2) is 0 Å². The number of nitrogens with zero attached hydrogens (tertiary/aromatic N) is 2. The lowest BCUT2D eigenvalue weighted by Crippen LogP contribution is -2.50. The molecule has 0 aliphatic carbocycles. The Morgan fingerprint density at radius 1 is 0.885 bits per heavy atom. The maximum Gasteiger partial charge on any atom is 0.225 e. The van der Waals surface area contributed by atoms with Gasteiger partial charge in [0.05, 0.1) is 0 Å². The van der Waals surface area contributed by atoms with E-state index in [0.717, 1.165) is 50.5 Å². The molecule has 4 heteroatoms. The van der Waals surface area contributed by atoms with Crippen molar-refractivity contribution in [2.75, 3.05) is 31.1 Å². The Bertz CT molecular complexity index is 688. The Labute approximate surface area is 156 Å². The minimum atomic E-state index is 0.177. The van der Waals surface area contributed by atoms with Crippen LogP contribution < -0.4 is 9.64 Å². The standard InChI is InChI=1S/C22H28N2O2/c1-3-18(4-2)22(25)24-16-14-23(15-17-24)19-10-12-21(13-11-19)26-20-8-6-5-7-9-20/h5-13,18H,3-4,14-17H2,1-2H3. The molecule has 0 aromatic heterocycles. The average Bonchev–Trinajstić information content (AvgIpc) is 2.70. The van der Waals surface area contributed by atoms with Gasteiger partial charge in [0.25, 0.3) is 0 Å². The average molecular weight is 352 g/mol. The Kier molecular flexibility index (Phi) is 6.16. The second-order valence-electron chi connectivity index (χ2n) is 6.73. The van der Waals surface area contributed by atoms with E-state index in [2.05, 4.69) is 30.9 Å². The summed E-state index contributed by atoms with van der Waals surface area (Å²) in [6.45, 7) is 7.56. The molecular weight excluding hydrogens is 324 g/mol. The minimum absolute atomic E-state index is 0.177. The zero-order valence-corrected chi connectivity index (χ0v) is 15.7. The third-order valence-electron chi connectivity index (χ3n) is 5.11. The summed E-state index contributed by atoms with van der Waals surface area (Å²) in [5.41, 5.74) is 1.18. The number of carbonyl (C=O) groups excluding carboxylic acids is 1. The van der Waals surface area contributed by atoms with Crippen LogP contribution in [-0.2, 0) is 4.79 Å². The largest absolute Gasteiger partial charge is 0.457 e. The van der Waals surface area contributed by atoms with Gasteiger partial charge in [-0.15, -0.1) is 0 Å². The van der Waals surface area contributed by atoms with Crippen LogP contribution >= 0.6 is 0 Å². The summed E-state index contributed by atoms with van der Waals surface area (Å²) in [4.78, 5) is 16.9. The van der Waals surface area contributed by atoms with E-state index in [1.54, 1.807) is 0 Å². The molecule has 1 aliphatic heterocycles. The molecule has 0 bridgehead atoms. The molecule has 2 aromatic carbocycles. The Morgan fingerprint density at radius 3 is 2.04 bits per heavy atom. The Morgan fingerprint density at radius 2 is 1.46 bits per heavy atom. The van der Waals surface area contributed by atoms with Gasteiger partial charge >= 0.3 is 0 Å². The monoisotopic (exact) mass is 352 g/mol. The van der Waals surface area contributed by atoms with Crippen molar-refractivity contribution < 1.29 is 9.53 Å². The molecule has 2 aromatic rings. The lowest BCUT2D eigenvalue weighted by atomic mass is 10.0. The van der Waals surface area contributed by atoms with Gasteiger partial charge in [0.2, 0.25) is 5.91 Å². The van der Waals surface area contributed by atoms with Crippen LogP contribution in [0.15, 0.2) is 54.6 Å². The number of carbonyl (C=O) groups is 1. The third-order valence-corrected chi connectivity index (χ3v) is 5.11. The highest BCUT2D eigenvalue weighted by Gasteiger charge is 2.25. The first-order chi connectivity index (χ1) is 12.7. The van der Waals surface area contributed by atoms with E-state index >= 15 is 0 Å². The topological polar surface area (TPSA) is 32.8 Å². The third kappa shape index (κ3) is 4.37. The van der Waals surface area contributed by atoms with Crippen molar-refractivity contribution in [1.82, 2.24) is 4.90 Å². The van der Waals surface area contributed by atoms with Crippen molar-refractivity contribution in [3.05, 3.63) is 54.6 Å². The number of ether oxygens (including phenoxy) is 1. The van der Waals surface area contributed by atoms with E-state index in [0.29, 0.717) is 5.91 Å². The second-order valence-corrected chi connectivity index (χ2v) is 6.73. The molecule has 1 amide bonds. The van der Waals surface area contributed by atoms with Gasteiger partial charge in [-0.05, 0) is 49.2 Å². The molecule has 3 rings (SSSR count). The number of piperazine rings is 1. The van der Waals surface area contributed by atoms with Crippen LogP contribution in [0.2, 0.25) is 0 Å². The van der Waals surface area contributed by atoms with Crippen molar-refractivity contribution in [2.45, 2.75) is 26.7 Å². The molecule has 0 spiro atoms. The zero-order chi connectivity index (χ0) is 18.4. The van der Waals surface area contributed by atoms with Crippen molar-refractivity contribution in [2.24, 2.45) is 5.92 Å². The normalized spacial score (nSPS) is 14.6. The zero-order valence-electron chi connectivity index (χ0n) is 15.7. The fraction of sp³-hybridized carbons (Fsp3) is 0.409. The highest BCUT2D eigenvalue weighted by atomic mass is 16.5. The summed E-state index contributed by atoms with van der Waals surface area (Å²) >= 11 is 0. The fourth-order valence-electron chi connectivity index (χ4n) is 3.43. The summed E-state index contributed by atoms with van der Waals surface area (Å²) < 4.78 is 5.85. The van der Waals surface area contributed by atoms with Gasteiger partial charge in [0, 0.05) is 37.8 Å². The van der Waals surface area contributed by atoms with Gasteiger partial charge in [0.1, 0.15) is 11.5 Å². The molecule has 0 saturated carbocycles. The lowest BCUT2D eigenvalue weighted by molar-refractivity contribution is -0.136. The number of amides is 1. The number of anilines is 1. The van der Waals surface area contributed by atoms with E-state index in [1.807, 2.05) is 47.4 Å². The summed E-state index contributed by atoms with van der Waals surface area (Å²) in [5, 5.41) is 0. The van der Waals surface area contributed by atoms with E-state index in [4.69, 9.17) is 4.74 Å². The molecular formula is C22H28N2O2. The molecule has 0 unspecified atom stereocenters. The Balaban J connectivity index is 1.55. The summed E-state index contributed by atoms with van der Waals surface area (Å²) in [7, 11) is 0. The predicted octanol–water partition coefficient (Wildman–Crippen LogP) is 4.56. The molecule has 0 radical (unpaired) electrons. The summed E-state index contributed by atoms with van der Waals surface area (Å²) in [6, 6.07) is 18.0. The molecule has 4 nitrogen and oxygen atoms in total. The lowest BCUT2D eigenvalue weighted by Gasteiger charge is -2.37. The Hall–Kier alpha value is -2.49. The van der Waals surface area contributed by atoms with Gasteiger partial charge in [-0.25, -0.2) is 0 Å². The molecule has 0 atom stereocenters. The van der Waals surface area contributed by atoms with Crippen LogP contribution in [0.1, 0.15) is 26.7 Å². The van der Waals surface area contributed by atoms with Crippen molar-refractivity contribution in [1.29, 1.82) is 0 Å². The minimum Gasteiger partial charge on any atom is -0.457 e. The van der Waals surface area contributed by atoms with Gasteiger partial charge in [-0.2, -0.15) is 0 Å². The maximum absolute atomic E-state index is 12.5. The van der Waals surface area contributed by atoms with Crippen LogP contribution in [-0.4, -0.2) is 37.0 Å².